The minimum Gasteiger partial charge on any atom is -0.497 e. The molecule has 1 aromatic rings. The fourth-order valence-corrected chi connectivity index (χ4v) is 4.26. The van der Waals surface area contributed by atoms with Gasteiger partial charge in [0.2, 0.25) is 0 Å². The monoisotopic (exact) mass is 385 g/mol. The summed E-state index contributed by atoms with van der Waals surface area (Å²) in [5.74, 6) is -0.145. The highest BCUT2D eigenvalue weighted by molar-refractivity contribution is 5.96. The van der Waals surface area contributed by atoms with Crippen LogP contribution >= 0.6 is 0 Å². The number of nitrogens with one attached hydrogen (secondary N) is 1. The van der Waals surface area contributed by atoms with Gasteiger partial charge >= 0.3 is 5.97 Å². The molecule has 0 aromatic heterocycles. The normalized spacial score (nSPS) is 23.4. The van der Waals surface area contributed by atoms with Gasteiger partial charge in [0, 0.05) is 35.4 Å². The summed E-state index contributed by atoms with van der Waals surface area (Å²) in [4.78, 5) is 25.9. The number of carbonyl (C=O) groups is 2. The fourth-order valence-electron chi connectivity index (χ4n) is 4.26. The fraction of sp³-hybridized carbons (Fsp3) is 0.455. The Balaban J connectivity index is 2.26. The Kier molecular flexibility index (Phi) is 5.24. The van der Waals surface area contributed by atoms with Gasteiger partial charge in [-0.15, -0.1) is 0 Å². The van der Waals surface area contributed by atoms with Gasteiger partial charge in [-0.3, -0.25) is 4.79 Å². The molecular weight excluding hydrogens is 358 g/mol. The smallest absolute Gasteiger partial charge is 0.336 e. The van der Waals surface area contributed by atoms with Crippen LogP contribution in [0.5, 0.6) is 11.5 Å². The average molecular weight is 385 g/mol. The molecule has 0 spiro atoms. The summed E-state index contributed by atoms with van der Waals surface area (Å²) in [5.41, 5.74) is 2.47. The third-order valence-electron chi connectivity index (χ3n) is 5.42. The van der Waals surface area contributed by atoms with Crippen molar-refractivity contribution in [3.8, 4) is 11.5 Å². The molecule has 1 aliphatic carbocycles. The van der Waals surface area contributed by atoms with Crippen molar-refractivity contribution in [2.75, 3.05) is 21.3 Å². The van der Waals surface area contributed by atoms with Crippen molar-refractivity contribution >= 4 is 11.8 Å². The second-order valence-electron chi connectivity index (χ2n) is 7.95. The number of esters is 1. The van der Waals surface area contributed by atoms with Crippen LogP contribution in [0.1, 0.15) is 38.7 Å². The van der Waals surface area contributed by atoms with Gasteiger partial charge in [0.1, 0.15) is 17.3 Å². The van der Waals surface area contributed by atoms with Crippen LogP contribution in [0, 0.1) is 11.3 Å². The molecule has 0 fully saturated rings. The number of benzene rings is 1. The van der Waals surface area contributed by atoms with E-state index in [4.69, 9.17) is 14.2 Å². The SMILES string of the molecule is COC(=O)C1=C(C)NC2=CC(C)(C)CC(=O)C2C1c1ccc(OC)cc1OC. The van der Waals surface area contributed by atoms with E-state index in [1.54, 1.807) is 20.3 Å². The summed E-state index contributed by atoms with van der Waals surface area (Å²) in [7, 11) is 4.49. The zero-order valence-electron chi connectivity index (χ0n) is 17.2. The lowest BCUT2D eigenvalue weighted by Gasteiger charge is -2.41. The Morgan fingerprint density at radius 3 is 2.46 bits per heavy atom. The highest BCUT2D eigenvalue weighted by atomic mass is 16.5. The molecule has 2 atom stereocenters. The Morgan fingerprint density at radius 2 is 1.86 bits per heavy atom. The van der Waals surface area contributed by atoms with E-state index >= 15 is 0 Å². The number of methoxy groups -OCH3 is 3. The van der Waals surface area contributed by atoms with Gasteiger partial charge in [0.25, 0.3) is 0 Å². The first kappa shape index (κ1) is 20.0. The molecule has 6 nitrogen and oxygen atoms in total. The summed E-state index contributed by atoms with van der Waals surface area (Å²) < 4.78 is 15.9. The molecule has 2 unspecified atom stereocenters. The van der Waals surface area contributed by atoms with Crippen LogP contribution in [0.4, 0.5) is 0 Å². The summed E-state index contributed by atoms with van der Waals surface area (Å²) in [6.07, 6.45) is 2.50. The van der Waals surface area contributed by atoms with E-state index in [0.29, 0.717) is 29.2 Å². The number of Topliss-reactive ketones (excluding diaryl/α,β-unsaturated/α-hetero) is 1. The predicted octanol–water partition coefficient (Wildman–Crippen LogP) is 3.34. The molecule has 0 saturated carbocycles. The maximum Gasteiger partial charge on any atom is 0.336 e. The Morgan fingerprint density at radius 1 is 1.14 bits per heavy atom. The van der Waals surface area contributed by atoms with E-state index < -0.39 is 17.8 Å². The highest BCUT2D eigenvalue weighted by Crippen LogP contribution is 2.49. The summed E-state index contributed by atoms with van der Waals surface area (Å²) >= 11 is 0. The largest absolute Gasteiger partial charge is 0.497 e. The maximum absolute atomic E-state index is 13.2. The van der Waals surface area contributed by atoms with Crippen LogP contribution < -0.4 is 14.8 Å². The van der Waals surface area contributed by atoms with Crippen LogP contribution in [0.2, 0.25) is 0 Å². The van der Waals surface area contributed by atoms with Crippen molar-refractivity contribution in [3.05, 3.63) is 46.8 Å². The van der Waals surface area contributed by atoms with Gasteiger partial charge in [-0.1, -0.05) is 26.0 Å². The standard InChI is InChI=1S/C22H27NO5/c1-12-18(21(25)28-6)19(14-8-7-13(26-4)9-17(14)27-5)20-15(23-12)10-22(2,3)11-16(20)24/h7-10,19-20,23H,11H2,1-6H3. The molecule has 1 N–H and O–H groups in total. The van der Waals surface area contributed by atoms with Crippen LogP contribution in [0.25, 0.3) is 0 Å². The van der Waals surface area contributed by atoms with E-state index in [0.717, 1.165) is 11.3 Å². The van der Waals surface area contributed by atoms with Crippen LogP contribution in [0.15, 0.2) is 41.2 Å². The van der Waals surface area contributed by atoms with E-state index in [2.05, 4.69) is 11.4 Å². The summed E-state index contributed by atoms with van der Waals surface area (Å²) in [6, 6.07) is 5.43. The molecule has 2 aliphatic rings. The molecule has 0 radical (unpaired) electrons. The van der Waals surface area contributed by atoms with Crippen molar-refractivity contribution in [3.63, 3.8) is 0 Å². The molecule has 1 aromatic carbocycles. The molecule has 150 valence electrons. The predicted molar refractivity (Wildman–Crippen MR) is 105 cm³/mol. The molecule has 0 amide bonds. The van der Waals surface area contributed by atoms with E-state index in [-0.39, 0.29) is 11.2 Å². The summed E-state index contributed by atoms with van der Waals surface area (Å²) in [5, 5.41) is 3.28. The maximum atomic E-state index is 13.2. The zero-order chi connectivity index (χ0) is 20.6. The van der Waals surface area contributed by atoms with Gasteiger partial charge in [0.05, 0.1) is 32.8 Å². The Hall–Kier alpha value is -2.76. The molecule has 6 heteroatoms. The molecule has 0 bridgehead atoms. The molecule has 1 aliphatic heterocycles. The lowest BCUT2D eigenvalue weighted by Crippen LogP contribution is -2.43. The number of hydrogen-bond donors (Lipinski definition) is 1. The van der Waals surface area contributed by atoms with Crippen molar-refractivity contribution in [2.24, 2.45) is 11.3 Å². The molecule has 1 heterocycles. The second-order valence-corrected chi connectivity index (χ2v) is 7.95. The van der Waals surface area contributed by atoms with Gasteiger partial charge in [-0.05, 0) is 18.4 Å². The lowest BCUT2D eigenvalue weighted by atomic mass is 9.66. The summed E-state index contributed by atoms with van der Waals surface area (Å²) in [6.45, 7) is 5.90. The number of rotatable bonds is 4. The topological polar surface area (TPSA) is 73.9 Å². The number of allylic oxidation sites excluding steroid dienone is 3. The van der Waals surface area contributed by atoms with Crippen molar-refractivity contribution in [1.29, 1.82) is 0 Å². The van der Waals surface area contributed by atoms with Gasteiger partial charge < -0.3 is 19.5 Å². The molecule has 3 rings (SSSR count). The number of fused-ring (bicyclic) bond motifs is 1. The number of carbonyl (C=O) groups excluding carboxylic acids is 2. The van der Waals surface area contributed by atoms with E-state index in [9.17, 15) is 9.59 Å². The lowest BCUT2D eigenvalue weighted by molar-refractivity contribution is -0.136. The first-order valence-corrected chi connectivity index (χ1v) is 9.26. The molecular formula is C22H27NO5. The van der Waals surface area contributed by atoms with Crippen molar-refractivity contribution in [1.82, 2.24) is 5.32 Å². The van der Waals surface area contributed by atoms with Crippen molar-refractivity contribution in [2.45, 2.75) is 33.1 Å². The van der Waals surface area contributed by atoms with Gasteiger partial charge in [-0.2, -0.15) is 0 Å². The number of hydrogen-bond acceptors (Lipinski definition) is 6. The van der Waals surface area contributed by atoms with Crippen LogP contribution in [-0.2, 0) is 14.3 Å². The minimum absolute atomic E-state index is 0.0896. The van der Waals surface area contributed by atoms with Crippen molar-refractivity contribution < 1.29 is 23.8 Å². The second kappa shape index (κ2) is 7.34. The van der Waals surface area contributed by atoms with Crippen LogP contribution in [0.3, 0.4) is 0 Å². The Bertz CT molecular complexity index is 881. The quantitative estimate of drug-likeness (QED) is 0.802. The molecule has 0 saturated heterocycles. The first-order chi connectivity index (χ1) is 13.2. The Labute approximate surface area is 165 Å². The highest BCUT2D eigenvalue weighted by Gasteiger charge is 2.47. The first-order valence-electron chi connectivity index (χ1n) is 9.26. The number of ether oxygens (including phenoxy) is 3. The molecule has 28 heavy (non-hydrogen) atoms. The third-order valence-corrected chi connectivity index (χ3v) is 5.42. The third kappa shape index (κ3) is 3.39. The van der Waals surface area contributed by atoms with Gasteiger partial charge in [-0.25, -0.2) is 4.79 Å². The average Bonchev–Trinajstić information content (AvgIpc) is 2.64. The minimum atomic E-state index is -0.496. The van der Waals surface area contributed by atoms with E-state index in [1.165, 1.54) is 7.11 Å². The van der Waals surface area contributed by atoms with Crippen LogP contribution in [-0.4, -0.2) is 33.1 Å². The van der Waals surface area contributed by atoms with Gasteiger partial charge in [0.15, 0.2) is 0 Å². The zero-order valence-corrected chi connectivity index (χ0v) is 17.2. The van der Waals surface area contributed by atoms with E-state index in [1.807, 2.05) is 32.9 Å². The number of ketones is 1.